The Bertz CT molecular complexity index is 1120. The van der Waals surface area contributed by atoms with Gasteiger partial charge in [0.25, 0.3) is 0 Å². The highest BCUT2D eigenvalue weighted by atomic mass is 79.9. The predicted molar refractivity (Wildman–Crippen MR) is 114 cm³/mol. The molecule has 3 aliphatic rings. The quantitative estimate of drug-likeness (QED) is 0.428. The molecule has 2 aromatic rings. The average Bonchev–Trinajstić information content (AvgIpc) is 3.41. The molecule has 30 heavy (non-hydrogen) atoms. The average molecular weight is 492 g/mol. The van der Waals surface area contributed by atoms with Crippen LogP contribution in [0.5, 0.6) is 11.5 Å². The van der Waals surface area contributed by atoms with Crippen LogP contribution in [0, 0.1) is 17.1 Å². The minimum absolute atomic E-state index is 0.135. The molecular weight excluding hydrogens is 472 g/mol. The lowest BCUT2D eigenvalue weighted by molar-refractivity contribution is -0.162. The summed E-state index contributed by atoms with van der Waals surface area (Å²) in [5, 5.41) is 9.91. The second kappa shape index (κ2) is 7.17. The lowest BCUT2D eigenvalue weighted by Crippen LogP contribution is -2.30. The van der Waals surface area contributed by atoms with Gasteiger partial charge >= 0.3 is 0 Å². The molecule has 1 saturated carbocycles. The highest BCUT2D eigenvalue weighted by Crippen LogP contribution is 2.62. The summed E-state index contributed by atoms with van der Waals surface area (Å²) in [6, 6.07) is 9.46. The van der Waals surface area contributed by atoms with E-state index < -0.39 is 18.7 Å². The van der Waals surface area contributed by atoms with Crippen molar-refractivity contribution < 1.29 is 23.2 Å². The molecular formula is C22H20BrFNO4P. The molecule has 2 aromatic carbocycles. The molecule has 1 aliphatic heterocycles. The van der Waals surface area contributed by atoms with E-state index >= 15 is 0 Å². The summed E-state index contributed by atoms with van der Waals surface area (Å²) in [5.41, 5.74) is 1.98. The van der Waals surface area contributed by atoms with Crippen LogP contribution in [-0.2, 0) is 19.8 Å². The zero-order chi connectivity index (χ0) is 21.1. The van der Waals surface area contributed by atoms with Crippen molar-refractivity contribution in [2.75, 3.05) is 19.9 Å². The molecule has 156 valence electrons. The van der Waals surface area contributed by atoms with Crippen molar-refractivity contribution in [3.8, 4) is 17.6 Å². The number of rotatable bonds is 4. The summed E-state index contributed by atoms with van der Waals surface area (Å²) in [4.78, 5) is -0.135. The molecule has 5 nitrogen and oxygen atoms in total. The van der Waals surface area contributed by atoms with Crippen LogP contribution in [0.1, 0.15) is 40.8 Å². The highest BCUT2D eigenvalue weighted by Gasteiger charge is 2.53. The van der Waals surface area contributed by atoms with E-state index in [2.05, 4.69) is 15.9 Å². The van der Waals surface area contributed by atoms with Gasteiger partial charge in [0.1, 0.15) is 24.5 Å². The maximum absolute atomic E-state index is 13.9. The Morgan fingerprint density at radius 3 is 2.67 bits per heavy atom. The molecule has 1 saturated heterocycles. The van der Waals surface area contributed by atoms with Crippen LogP contribution < -0.4 is 10.0 Å². The molecule has 2 unspecified atom stereocenters. The van der Waals surface area contributed by atoms with Crippen LogP contribution >= 0.6 is 23.1 Å². The largest absolute Gasteiger partial charge is 0.457 e. The Balaban J connectivity index is 1.66. The normalized spacial score (nSPS) is 23.7. The van der Waals surface area contributed by atoms with E-state index in [0.717, 1.165) is 35.3 Å². The Hall–Kier alpha value is -1.71. The molecule has 0 N–H and O–H groups in total. The fraction of sp³-hybridized carbons (Fsp3) is 0.409. The molecule has 0 amide bonds. The smallest absolute Gasteiger partial charge is 0.197 e. The number of alkyl halides is 1. The van der Waals surface area contributed by atoms with Gasteiger partial charge in [0.05, 0.1) is 24.8 Å². The first kappa shape index (κ1) is 20.2. The molecule has 2 atom stereocenters. The summed E-state index contributed by atoms with van der Waals surface area (Å²) in [6.45, 7) is 2.78. The van der Waals surface area contributed by atoms with E-state index in [9.17, 15) is 8.96 Å². The molecule has 0 radical (unpaired) electrons. The van der Waals surface area contributed by atoms with Crippen LogP contribution in [0.4, 0.5) is 4.39 Å². The maximum atomic E-state index is 13.9. The molecule has 1 heterocycles. The highest BCUT2D eigenvalue weighted by molar-refractivity contribution is 9.09. The summed E-state index contributed by atoms with van der Waals surface area (Å²) >= 11 is 3.73. The number of nitriles is 1. The standard InChI is InChI=1S/C22H20BrFNO4P/c1-30(26,16-2-3-16)19-5-4-18(29-15-9-13(12-25)8-14(24)10-15)20-17(23)11-22(21(19)20)27-6-7-28-22/h4-5,8-10,16-17H,2-3,6-7,11H2,1H3. The summed E-state index contributed by atoms with van der Waals surface area (Å²) in [7, 11) is -2.61. The predicted octanol–water partition coefficient (Wildman–Crippen LogP) is 5.31. The SMILES string of the molecule is CP(=O)(c1ccc(Oc2cc(F)cc(C#N)c2)c2c1C1(CC2Br)OCCO1)C1CC1. The topological polar surface area (TPSA) is 68.6 Å². The molecule has 0 bridgehead atoms. The van der Waals surface area contributed by atoms with Crippen LogP contribution in [-0.4, -0.2) is 25.5 Å². The van der Waals surface area contributed by atoms with Gasteiger partial charge in [0.15, 0.2) is 5.79 Å². The Kier molecular flexibility index (Phi) is 4.83. The first-order valence-corrected chi connectivity index (χ1v) is 13.0. The number of fused-ring (bicyclic) bond motifs is 2. The van der Waals surface area contributed by atoms with Gasteiger partial charge in [-0.1, -0.05) is 15.9 Å². The summed E-state index contributed by atoms with van der Waals surface area (Å²) in [6.07, 6.45) is 2.47. The second-order valence-electron chi connectivity index (χ2n) is 8.10. The number of hydrogen-bond acceptors (Lipinski definition) is 5. The zero-order valence-corrected chi connectivity index (χ0v) is 18.8. The third kappa shape index (κ3) is 3.22. The molecule has 2 fully saturated rings. The maximum Gasteiger partial charge on any atom is 0.197 e. The second-order valence-corrected chi connectivity index (χ2v) is 12.4. The number of halogens is 2. The monoisotopic (exact) mass is 491 g/mol. The zero-order valence-electron chi connectivity index (χ0n) is 16.4. The first-order valence-electron chi connectivity index (χ1n) is 9.90. The fourth-order valence-corrected chi connectivity index (χ4v) is 8.01. The van der Waals surface area contributed by atoms with Gasteiger partial charge in [0, 0.05) is 39.4 Å². The number of benzene rings is 2. The minimum Gasteiger partial charge on any atom is -0.457 e. The third-order valence-electron chi connectivity index (χ3n) is 6.03. The van der Waals surface area contributed by atoms with Crippen molar-refractivity contribution in [2.45, 2.75) is 35.5 Å². The van der Waals surface area contributed by atoms with Gasteiger partial charge in [-0.2, -0.15) is 5.26 Å². The Morgan fingerprint density at radius 2 is 2.00 bits per heavy atom. The Morgan fingerprint density at radius 1 is 1.27 bits per heavy atom. The van der Waals surface area contributed by atoms with E-state index in [0.29, 0.717) is 25.4 Å². The van der Waals surface area contributed by atoms with Gasteiger partial charge in [-0.15, -0.1) is 0 Å². The third-order valence-corrected chi connectivity index (χ3v) is 10.1. The van der Waals surface area contributed by atoms with Crippen molar-refractivity contribution in [1.82, 2.24) is 0 Å². The van der Waals surface area contributed by atoms with Crippen LogP contribution in [0.25, 0.3) is 0 Å². The van der Waals surface area contributed by atoms with E-state index in [1.54, 1.807) is 6.07 Å². The Labute approximate surface area is 182 Å². The van der Waals surface area contributed by atoms with Crippen molar-refractivity contribution in [3.05, 3.63) is 52.8 Å². The summed E-state index contributed by atoms with van der Waals surface area (Å²) in [5.74, 6) is -0.744. The van der Waals surface area contributed by atoms with Gasteiger partial charge < -0.3 is 18.8 Å². The number of nitrogens with zero attached hydrogens (tertiary/aromatic N) is 1. The van der Waals surface area contributed by atoms with Crippen LogP contribution in [0.3, 0.4) is 0 Å². The summed E-state index contributed by atoms with van der Waals surface area (Å²) < 4.78 is 45.8. The molecule has 5 rings (SSSR count). The minimum atomic E-state index is -2.61. The number of hydrogen-bond donors (Lipinski definition) is 0. The van der Waals surface area contributed by atoms with Gasteiger partial charge in [-0.05, 0) is 43.8 Å². The van der Waals surface area contributed by atoms with E-state index in [-0.39, 0.29) is 21.8 Å². The van der Waals surface area contributed by atoms with Crippen molar-refractivity contribution in [1.29, 1.82) is 5.26 Å². The van der Waals surface area contributed by atoms with E-state index in [1.165, 1.54) is 12.1 Å². The molecule has 1 spiro atoms. The number of ether oxygens (including phenoxy) is 3. The van der Waals surface area contributed by atoms with Gasteiger partial charge in [-0.3, -0.25) is 0 Å². The van der Waals surface area contributed by atoms with Gasteiger partial charge in [0.2, 0.25) is 0 Å². The van der Waals surface area contributed by atoms with Crippen molar-refractivity contribution >= 4 is 28.4 Å². The van der Waals surface area contributed by atoms with Gasteiger partial charge in [-0.25, -0.2) is 4.39 Å². The van der Waals surface area contributed by atoms with Crippen molar-refractivity contribution in [2.24, 2.45) is 0 Å². The molecule has 2 aliphatic carbocycles. The van der Waals surface area contributed by atoms with Crippen LogP contribution in [0.15, 0.2) is 30.3 Å². The molecule has 0 aromatic heterocycles. The fourth-order valence-electron chi connectivity index (χ4n) is 4.49. The lowest BCUT2D eigenvalue weighted by Gasteiger charge is -2.28. The van der Waals surface area contributed by atoms with Crippen LogP contribution in [0.2, 0.25) is 0 Å². The van der Waals surface area contributed by atoms with E-state index in [1.807, 2.05) is 18.8 Å². The van der Waals surface area contributed by atoms with E-state index in [4.69, 9.17) is 19.5 Å². The van der Waals surface area contributed by atoms with Crippen molar-refractivity contribution in [3.63, 3.8) is 0 Å². The molecule has 8 heteroatoms. The lowest BCUT2D eigenvalue weighted by atomic mass is 10.1. The first-order chi connectivity index (χ1) is 14.3.